The molecule has 0 bridgehead atoms. The second-order valence-corrected chi connectivity index (χ2v) is 3.48. The Labute approximate surface area is 77.3 Å². The Morgan fingerprint density at radius 1 is 1.77 bits per heavy atom. The predicted octanol–water partition coefficient (Wildman–Crippen LogP) is 1.24. The van der Waals surface area contributed by atoms with Crippen molar-refractivity contribution in [1.29, 1.82) is 0 Å². The SMILES string of the molecule is CC(N=C(N)C1CC1)c1ncc[nH]1. The number of amidine groups is 1. The molecule has 1 unspecified atom stereocenters. The lowest BCUT2D eigenvalue weighted by atomic mass is 10.3. The van der Waals surface area contributed by atoms with Crippen LogP contribution in [-0.4, -0.2) is 15.8 Å². The first-order valence-electron chi connectivity index (χ1n) is 4.60. The molecule has 0 aromatic carbocycles. The highest BCUT2D eigenvalue weighted by Crippen LogP contribution is 2.29. The van der Waals surface area contributed by atoms with Gasteiger partial charge in [-0.05, 0) is 19.8 Å². The van der Waals surface area contributed by atoms with E-state index in [-0.39, 0.29) is 6.04 Å². The molecule has 70 valence electrons. The third-order valence-electron chi connectivity index (χ3n) is 2.25. The molecule has 1 aliphatic carbocycles. The van der Waals surface area contributed by atoms with Crippen LogP contribution in [0.5, 0.6) is 0 Å². The minimum absolute atomic E-state index is 0.0515. The quantitative estimate of drug-likeness (QED) is 0.540. The zero-order valence-electron chi connectivity index (χ0n) is 7.70. The number of rotatable bonds is 3. The summed E-state index contributed by atoms with van der Waals surface area (Å²) < 4.78 is 0. The zero-order chi connectivity index (χ0) is 9.26. The number of hydrogen-bond donors (Lipinski definition) is 2. The average molecular weight is 178 g/mol. The fourth-order valence-electron chi connectivity index (χ4n) is 1.28. The molecule has 1 aromatic rings. The van der Waals surface area contributed by atoms with E-state index in [4.69, 9.17) is 5.73 Å². The summed E-state index contributed by atoms with van der Waals surface area (Å²) in [6.45, 7) is 1.99. The predicted molar refractivity (Wildman–Crippen MR) is 51.3 cm³/mol. The fourth-order valence-corrected chi connectivity index (χ4v) is 1.28. The van der Waals surface area contributed by atoms with Gasteiger partial charge in [0.25, 0.3) is 0 Å². The summed E-state index contributed by atoms with van der Waals surface area (Å²) in [5, 5.41) is 0. The second kappa shape index (κ2) is 3.20. The lowest BCUT2D eigenvalue weighted by Gasteiger charge is -2.04. The lowest BCUT2D eigenvalue weighted by molar-refractivity contribution is 0.750. The van der Waals surface area contributed by atoms with Crippen molar-refractivity contribution in [3.05, 3.63) is 18.2 Å². The van der Waals surface area contributed by atoms with Gasteiger partial charge in [0.15, 0.2) is 0 Å². The van der Waals surface area contributed by atoms with Crippen LogP contribution < -0.4 is 5.73 Å². The van der Waals surface area contributed by atoms with Crippen LogP contribution in [-0.2, 0) is 0 Å². The first-order chi connectivity index (χ1) is 6.27. The Morgan fingerprint density at radius 2 is 2.54 bits per heavy atom. The van der Waals surface area contributed by atoms with Crippen molar-refractivity contribution >= 4 is 5.84 Å². The zero-order valence-corrected chi connectivity index (χ0v) is 7.70. The Balaban J connectivity index is 2.05. The van der Waals surface area contributed by atoms with Gasteiger partial charge >= 0.3 is 0 Å². The summed E-state index contributed by atoms with van der Waals surface area (Å²) in [6, 6.07) is 0.0515. The van der Waals surface area contributed by atoms with Gasteiger partial charge in [0.2, 0.25) is 0 Å². The van der Waals surface area contributed by atoms with Crippen LogP contribution >= 0.6 is 0 Å². The number of hydrogen-bond acceptors (Lipinski definition) is 2. The smallest absolute Gasteiger partial charge is 0.130 e. The third-order valence-corrected chi connectivity index (χ3v) is 2.25. The number of aliphatic imine (C=N–C) groups is 1. The van der Waals surface area contributed by atoms with Crippen molar-refractivity contribution in [1.82, 2.24) is 9.97 Å². The highest BCUT2D eigenvalue weighted by molar-refractivity contribution is 5.85. The fraction of sp³-hybridized carbons (Fsp3) is 0.556. The van der Waals surface area contributed by atoms with E-state index >= 15 is 0 Å². The maximum Gasteiger partial charge on any atom is 0.130 e. The first-order valence-corrected chi connectivity index (χ1v) is 4.60. The van der Waals surface area contributed by atoms with E-state index in [0.29, 0.717) is 5.92 Å². The number of nitrogens with two attached hydrogens (primary N) is 1. The summed E-state index contributed by atoms with van der Waals surface area (Å²) >= 11 is 0. The van der Waals surface area contributed by atoms with E-state index in [1.165, 1.54) is 12.8 Å². The van der Waals surface area contributed by atoms with E-state index in [2.05, 4.69) is 15.0 Å². The maximum atomic E-state index is 5.79. The molecule has 0 saturated heterocycles. The van der Waals surface area contributed by atoms with Crippen LogP contribution in [0.4, 0.5) is 0 Å². The summed E-state index contributed by atoms with van der Waals surface area (Å²) in [4.78, 5) is 11.5. The molecule has 0 amide bonds. The maximum absolute atomic E-state index is 5.79. The minimum atomic E-state index is 0.0515. The Hall–Kier alpha value is -1.32. The minimum Gasteiger partial charge on any atom is -0.387 e. The number of aromatic nitrogens is 2. The number of H-pyrrole nitrogens is 1. The van der Waals surface area contributed by atoms with Crippen molar-refractivity contribution in [3.8, 4) is 0 Å². The molecule has 4 nitrogen and oxygen atoms in total. The topological polar surface area (TPSA) is 67.1 Å². The molecule has 1 aromatic heterocycles. The summed E-state index contributed by atoms with van der Waals surface area (Å²) in [5.41, 5.74) is 5.79. The van der Waals surface area contributed by atoms with Crippen LogP contribution in [0.15, 0.2) is 17.4 Å². The van der Waals surface area contributed by atoms with E-state index in [1.807, 2.05) is 6.92 Å². The van der Waals surface area contributed by atoms with E-state index < -0.39 is 0 Å². The normalized spacial score (nSPS) is 20.2. The van der Waals surface area contributed by atoms with Gasteiger partial charge in [-0.2, -0.15) is 0 Å². The molecule has 13 heavy (non-hydrogen) atoms. The summed E-state index contributed by atoms with van der Waals surface area (Å²) in [6.07, 6.45) is 5.92. The average Bonchev–Trinajstić information content (AvgIpc) is 2.81. The number of aromatic amines is 1. The van der Waals surface area contributed by atoms with Gasteiger partial charge in [-0.3, -0.25) is 4.99 Å². The highest BCUT2D eigenvalue weighted by Gasteiger charge is 2.26. The van der Waals surface area contributed by atoms with Crippen LogP contribution in [0.25, 0.3) is 0 Å². The van der Waals surface area contributed by atoms with Crippen LogP contribution in [0.1, 0.15) is 31.6 Å². The molecule has 1 aliphatic rings. The third kappa shape index (κ3) is 1.88. The molecule has 2 rings (SSSR count). The Kier molecular flexibility index (Phi) is 2.04. The van der Waals surface area contributed by atoms with Gasteiger partial charge in [-0.25, -0.2) is 4.98 Å². The van der Waals surface area contributed by atoms with Crippen molar-refractivity contribution in [2.45, 2.75) is 25.8 Å². The highest BCUT2D eigenvalue weighted by atomic mass is 15.0. The van der Waals surface area contributed by atoms with Gasteiger partial charge in [0.05, 0.1) is 5.84 Å². The molecule has 1 saturated carbocycles. The van der Waals surface area contributed by atoms with Crippen LogP contribution in [0.2, 0.25) is 0 Å². The summed E-state index contributed by atoms with van der Waals surface area (Å²) in [5.74, 6) is 2.20. The molecule has 1 atom stereocenters. The number of nitrogens with zero attached hydrogens (tertiary/aromatic N) is 2. The molecule has 3 N–H and O–H groups in total. The Bertz CT molecular complexity index is 297. The molecular weight excluding hydrogens is 164 g/mol. The van der Waals surface area contributed by atoms with Crippen molar-refractivity contribution in [2.24, 2.45) is 16.6 Å². The van der Waals surface area contributed by atoms with Gasteiger partial charge in [0, 0.05) is 18.3 Å². The number of nitrogens with one attached hydrogen (secondary N) is 1. The van der Waals surface area contributed by atoms with E-state index in [1.54, 1.807) is 12.4 Å². The summed E-state index contributed by atoms with van der Waals surface area (Å²) in [7, 11) is 0. The Morgan fingerprint density at radius 3 is 3.08 bits per heavy atom. The molecule has 1 heterocycles. The molecular formula is C9H14N4. The van der Waals surface area contributed by atoms with E-state index in [9.17, 15) is 0 Å². The largest absolute Gasteiger partial charge is 0.387 e. The van der Waals surface area contributed by atoms with Crippen molar-refractivity contribution < 1.29 is 0 Å². The first kappa shape index (κ1) is 8.29. The molecule has 1 fully saturated rings. The standard InChI is InChI=1S/C9H14N4/c1-6(9-11-4-5-12-9)13-8(10)7-2-3-7/h4-7H,2-3H2,1H3,(H2,10,13)(H,11,12). The second-order valence-electron chi connectivity index (χ2n) is 3.48. The van der Waals surface area contributed by atoms with Gasteiger partial charge in [0.1, 0.15) is 11.9 Å². The number of imidazole rings is 1. The molecule has 4 heteroatoms. The van der Waals surface area contributed by atoms with Crippen LogP contribution in [0.3, 0.4) is 0 Å². The van der Waals surface area contributed by atoms with Gasteiger partial charge in [-0.1, -0.05) is 0 Å². The van der Waals surface area contributed by atoms with Crippen molar-refractivity contribution in [3.63, 3.8) is 0 Å². The van der Waals surface area contributed by atoms with Gasteiger partial charge < -0.3 is 10.7 Å². The molecule has 0 spiro atoms. The van der Waals surface area contributed by atoms with E-state index in [0.717, 1.165) is 11.7 Å². The lowest BCUT2D eigenvalue weighted by Crippen LogP contribution is -2.15. The van der Waals surface area contributed by atoms with Gasteiger partial charge in [-0.15, -0.1) is 0 Å². The van der Waals surface area contributed by atoms with Crippen molar-refractivity contribution in [2.75, 3.05) is 0 Å². The monoisotopic (exact) mass is 178 g/mol. The van der Waals surface area contributed by atoms with Crippen LogP contribution in [0, 0.1) is 5.92 Å². The molecule has 0 radical (unpaired) electrons. The molecule has 0 aliphatic heterocycles.